The van der Waals surface area contributed by atoms with E-state index in [9.17, 15) is 0 Å². The minimum absolute atomic E-state index is 0.348. The van der Waals surface area contributed by atoms with Gasteiger partial charge in [0, 0.05) is 12.2 Å². The maximum atomic E-state index is 4.18. The van der Waals surface area contributed by atoms with Crippen LogP contribution >= 0.6 is 27.3 Å². The molecule has 2 aromatic rings. The monoisotopic (exact) mass is 297 g/mol. The second-order valence-corrected chi connectivity index (χ2v) is 5.23. The standard InChI is InChI=1S/C11H12BrN3S/c1-8(4-9-2-3-16-6-9)15-11-10(12)5-13-7-14-11/h2-3,5-8H,4H2,1H3,(H,13,14,15). The van der Waals surface area contributed by atoms with Crippen molar-refractivity contribution in [2.24, 2.45) is 0 Å². The minimum atomic E-state index is 0.348. The molecule has 0 saturated heterocycles. The van der Waals surface area contributed by atoms with Crippen molar-refractivity contribution >= 4 is 33.1 Å². The van der Waals surface area contributed by atoms with Gasteiger partial charge in [-0.1, -0.05) is 0 Å². The van der Waals surface area contributed by atoms with E-state index in [1.165, 1.54) is 5.56 Å². The Bertz CT molecular complexity index is 444. The summed E-state index contributed by atoms with van der Waals surface area (Å²) in [6, 6.07) is 2.50. The van der Waals surface area contributed by atoms with Crippen LogP contribution in [0, 0.1) is 0 Å². The molecule has 5 heteroatoms. The van der Waals surface area contributed by atoms with Crippen molar-refractivity contribution in [1.29, 1.82) is 0 Å². The number of halogens is 1. The highest BCUT2D eigenvalue weighted by Gasteiger charge is 2.07. The van der Waals surface area contributed by atoms with Crippen LogP contribution in [0.3, 0.4) is 0 Å². The molecule has 0 aliphatic rings. The van der Waals surface area contributed by atoms with E-state index in [0.29, 0.717) is 6.04 Å². The quantitative estimate of drug-likeness (QED) is 0.940. The van der Waals surface area contributed by atoms with Crippen molar-refractivity contribution in [3.05, 3.63) is 39.4 Å². The van der Waals surface area contributed by atoms with Crippen molar-refractivity contribution in [1.82, 2.24) is 9.97 Å². The fourth-order valence-electron chi connectivity index (χ4n) is 1.47. The Kier molecular flexibility index (Phi) is 3.90. The normalized spacial score (nSPS) is 12.4. The fourth-order valence-corrected chi connectivity index (χ4v) is 2.48. The Morgan fingerprint density at radius 3 is 3.12 bits per heavy atom. The van der Waals surface area contributed by atoms with Gasteiger partial charge < -0.3 is 5.32 Å². The predicted molar refractivity (Wildman–Crippen MR) is 70.8 cm³/mol. The van der Waals surface area contributed by atoms with Gasteiger partial charge in [-0.3, -0.25) is 0 Å². The molecule has 0 saturated carbocycles. The molecule has 0 fully saturated rings. The fraction of sp³-hybridized carbons (Fsp3) is 0.273. The largest absolute Gasteiger partial charge is 0.366 e. The van der Waals surface area contributed by atoms with E-state index in [2.05, 4.69) is 55.0 Å². The van der Waals surface area contributed by atoms with Crippen LogP contribution in [0.25, 0.3) is 0 Å². The Morgan fingerprint density at radius 1 is 1.56 bits per heavy atom. The maximum Gasteiger partial charge on any atom is 0.143 e. The third-order valence-corrected chi connectivity index (χ3v) is 3.49. The van der Waals surface area contributed by atoms with Crippen LogP contribution in [-0.4, -0.2) is 16.0 Å². The summed E-state index contributed by atoms with van der Waals surface area (Å²) < 4.78 is 0.896. The van der Waals surface area contributed by atoms with E-state index in [1.54, 1.807) is 23.9 Å². The van der Waals surface area contributed by atoms with Crippen LogP contribution in [0.4, 0.5) is 5.82 Å². The molecule has 1 atom stereocenters. The topological polar surface area (TPSA) is 37.8 Å². The molecular weight excluding hydrogens is 286 g/mol. The average Bonchev–Trinajstić information content (AvgIpc) is 2.74. The van der Waals surface area contributed by atoms with Gasteiger partial charge in [0.05, 0.1) is 4.47 Å². The molecule has 0 bridgehead atoms. The number of hydrogen-bond acceptors (Lipinski definition) is 4. The molecule has 2 aromatic heterocycles. The van der Waals surface area contributed by atoms with E-state index in [1.807, 2.05) is 0 Å². The van der Waals surface area contributed by atoms with E-state index in [4.69, 9.17) is 0 Å². The Hall–Kier alpha value is -0.940. The molecule has 0 aliphatic carbocycles. The van der Waals surface area contributed by atoms with E-state index >= 15 is 0 Å². The molecule has 2 heterocycles. The van der Waals surface area contributed by atoms with Gasteiger partial charge in [-0.05, 0) is 51.7 Å². The highest BCUT2D eigenvalue weighted by atomic mass is 79.9. The Balaban J connectivity index is 1.97. The molecule has 3 nitrogen and oxygen atoms in total. The molecule has 16 heavy (non-hydrogen) atoms. The molecule has 0 spiro atoms. The number of hydrogen-bond donors (Lipinski definition) is 1. The predicted octanol–water partition coefficient (Wildman–Crippen LogP) is 3.34. The maximum absolute atomic E-state index is 4.18. The highest BCUT2D eigenvalue weighted by Crippen LogP contribution is 2.19. The van der Waals surface area contributed by atoms with E-state index in [-0.39, 0.29) is 0 Å². The van der Waals surface area contributed by atoms with Crippen LogP contribution in [-0.2, 0) is 6.42 Å². The van der Waals surface area contributed by atoms with Crippen LogP contribution in [0.1, 0.15) is 12.5 Å². The lowest BCUT2D eigenvalue weighted by Crippen LogP contribution is -2.18. The SMILES string of the molecule is CC(Cc1ccsc1)Nc1ncncc1Br. The zero-order valence-electron chi connectivity index (χ0n) is 8.85. The molecule has 1 unspecified atom stereocenters. The van der Waals surface area contributed by atoms with E-state index in [0.717, 1.165) is 16.7 Å². The summed E-state index contributed by atoms with van der Waals surface area (Å²) in [4.78, 5) is 8.11. The zero-order valence-corrected chi connectivity index (χ0v) is 11.3. The molecule has 0 amide bonds. The third kappa shape index (κ3) is 3.02. The minimum Gasteiger partial charge on any atom is -0.366 e. The second-order valence-electron chi connectivity index (χ2n) is 3.60. The Labute approximate surface area is 107 Å². The van der Waals surface area contributed by atoms with Crippen LogP contribution in [0.5, 0.6) is 0 Å². The summed E-state index contributed by atoms with van der Waals surface area (Å²) in [5, 5.41) is 7.63. The zero-order chi connectivity index (χ0) is 11.4. The van der Waals surface area contributed by atoms with Crippen molar-refractivity contribution in [2.45, 2.75) is 19.4 Å². The van der Waals surface area contributed by atoms with Crippen molar-refractivity contribution in [3.8, 4) is 0 Å². The van der Waals surface area contributed by atoms with Gasteiger partial charge in [-0.15, -0.1) is 0 Å². The summed E-state index contributed by atoms with van der Waals surface area (Å²) >= 11 is 5.15. The number of nitrogens with zero attached hydrogens (tertiary/aromatic N) is 2. The molecular formula is C11H12BrN3S. The van der Waals surface area contributed by atoms with Gasteiger partial charge in [0.1, 0.15) is 12.1 Å². The smallest absolute Gasteiger partial charge is 0.143 e. The van der Waals surface area contributed by atoms with E-state index < -0.39 is 0 Å². The number of thiophene rings is 1. The number of aromatic nitrogens is 2. The van der Waals surface area contributed by atoms with Crippen molar-refractivity contribution in [2.75, 3.05) is 5.32 Å². The molecule has 84 valence electrons. The van der Waals surface area contributed by atoms with Gasteiger partial charge in [0.25, 0.3) is 0 Å². The Morgan fingerprint density at radius 2 is 2.44 bits per heavy atom. The first-order chi connectivity index (χ1) is 7.75. The molecule has 2 rings (SSSR count). The first-order valence-corrected chi connectivity index (χ1v) is 6.72. The molecule has 0 aliphatic heterocycles. The average molecular weight is 298 g/mol. The van der Waals surface area contributed by atoms with Crippen LogP contribution in [0.15, 0.2) is 33.8 Å². The molecule has 1 N–H and O–H groups in total. The first kappa shape index (κ1) is 11.5. The van der Waals surface area contributed by atoms with Crippen LogP contribution in [0.2, 0.25) is 0 Å². The third-order valence-electron chi connectivity index (χ3n) is 2.17. The number of anilines is 1. The molecule has 0 radical (unpaired) electrons. The van der Waals surface area contributed by atoms with Crippen LogP contribution < -0.4 is 5.32 Å². The summed E-state index contributed by atoms with van der Waals surface area (Å²) in [5.41, 5.74) is 1.36. The number of nitrogens with one attached hydrogen (secondary N) is 1. The van der Waals surface area contributed by atoms with Gasteiger partial charge in [0.15, 0.2) is 0 Å². The highest BCUT2D eigenvalue weighted by molar-refractivity contribution is 9.10. The van der Waals surface area contributed by atoms with Gasteiger partial charge in [-0.25, -0.2) is 9.97 Å². The van der Waals surface area contributed by atoms with Gasteiger partial charge in [0.2, 0.25) is 0 Å². The van der Waals surface area contributed by atoms with Crippen molar-refractivity contribution in [3.63, 3.8) is 0 Å². The van der Waals surface area contributed by atoms with Gasteiger partial charge >= 0.3 is 0 Å². The summed E-state index contributed by atoms with van der Waals surface area (Å²) in [5.74, 6) is 0.845. The summed E-state index contributed by atoms with van der Waals surface area (Å²) in [7, 11) is 0. The lowest BCUT2D eigenvalue weighted by Gasteiger charge is -2.14. The lowest BCUT2D eigenvalue weighted by molar-refractivity contribution is 0.784. The summed E-state index contributed by atoms with van der Waals surface area (Å²) in [6.45, 7) is 2.15. The van der Waals surface area contributed by atoms with Crippen molar-refractivity contribution < 1.29 is 0 Å². The van der Waals surface area contributed by atoms with Gasteiger partial charge in [-0.2, -0.15) is 11.3 Å². The summed E-state index contributed by atoms with van der Waals surface area (Å²) in [6.07, 6.45) is 4.29. The number of rotatable bonds is 4. The first-order valence-electron chi connectivity index (χ1n) is 4.99. The molecule has 0 aromatic carbocycles. The lowest BCUT2D eigenvalue weighted by atomic mass is 10.1. The second kappa shape index (κ2) is 5.41.